The zero-order chi connectivity index (χ0) is 13.7. The molecule has 1 fully saturated rings. The number of nitrogens with one attached hydrogen (secondary N) is 1. The quantitative estimate of drug-likeness (QED) is 0.696. The third-order valence-electron chi connectivity index (χ3n) is 4.58. The summed E-state index contributed by atoms with van der Waals surface area (Å²) in [5, 5.41) is 13.3. The maximum absolute atomic E-state index is 9.88. The van der Waals surface area contributed by atoms with E-state index in [-0.39, 0.29) is 6.10 Å². The van der Waals surface area contributed by atoms with E-state index in [4.69, 9.17) is 4.74 Å². The van der Waals surface area contributed by atoms with Gasteiger partial charge in [0.1, 0.15) is 0 Å². The monoisotopic (exact) mass is 267 g/mol. The largest absolute Gasteiger partial charge is 0.389 e. The highest BCUT2D eigenvalue weighted by atomic mass is 16.5. The molecule has 0 aliphatic heterocycles. The molecule has 0 spiro atoms. The first-order valence-electron chi connectivity index (χ1n) is 7.79. The molecule has 2 rings (SSSR count). The highest BCUT2D eigenvalue weighted by Gasteiger charge is 2.25. The molecule has 2 aliphatic carbocycles. The van der Waals surface area contributed by atoms with E-state index in [0.717, 1.165) is 25.4 Å². The number of allylic oxidation sites excluding steroid dienone is 2. The lowest BCUT2D eigenvalue weighted by Crippen LogP contribution is -2.44. The highest BCUT2D eigenvalue weighted by molar-refractivity contribution is 4.93. The number of rotatable bonds is 7. The van der Waals surface area contributed by atoms with Gasteiger partial charge in [-0.25, -0.2) is 0 Å². The summed E-state index contributed by atoms with van der Waals surface area (Å²) in [6.07, 6.45) is 8.93. The van der Waals surface area contributed by atoms with Gasteiger partial charge in [0.25, 0.3) is 0 Å². The summed E-state index contributed by atoms with van der Waals surface area (Å²) in [6.45, 7) is 6.47. The predicted octanol–water partition coefficient (Wildman–Crippen LogP) is 2.35. The highest BCUT2D eigenvalue weighted by Crippen LogP contribution is 2.26. The molecule has 3 heteroatoms. The van der Waals surface area contributed by atoms with Crippen molar-refractivity contribution < 1.29 is 9.84 Å². The molecule has 110 valence electrons. The summed E-state index contributed by atoms with van der Waals surface area (Å²) in [7, 11) is 0. The first-order valence-corrected chi connectivity index (χ1v) is 7.79. The molecule has 3 atom stereocenters. The lowest BCUT2D eigenvalue weighted by Gasteiger charge is -2.34. The van der Waals surface area contributed by atoms with Crippen molar-refractivity contribution in [2.24, 2.45) is 17.8 Å². The van der Waals surface area contributed by atoms with Crippen molar-refractivity contribution in [2.75, 3.05) is 19.8 Å². The van der Waals surface area contributed by atoms with E-state index in [1.165, 1.54) is 12.8 Å². The molecular weight excluding hydrogens is 238 g/mol. The Morgan fingerprint density at radius 3 is 2.68 bits per heavy atom. The van der Waals surface area contributed by atoms with E-state index >= 15 is 0 Å². The van der Waals surface area contributed by atoms with Crippen LogP contribution in [0.5, 0.6) is 0 Å². The van der Waals surface area contributed by atoms with Crippen LogP contribution in [0.15, 0.2) is 12.2 Å². The molecule has 0 saturated heterocycles. The van der Waals surface area contributed by atoms with Crippen molar-refractivity contribution in [3.05, 3.63) is 12.2 Å². The first kappa shape index (κ1) is 15.0. The average Bonchev–Trinajstić information content (AvgIpc) is 2.35. The average molecular weight is 267 g/mol. The van der Waals surface area contributed by atoms with Crippen LogP contribution in [-0.2, 0) is 4.74 Å². The van der Waals surface area contributed by atoms with Crippen LogP contribution in [0.4, 0.5) is 0 Å². The Bertz CT molecular complexity index is 286. The lowest BCUT2D eigenvalue weighted by atomic mass is 9.82. The van der Waals surface area contributed by atoms with Gasteiger partial charge in [0.2, 0.25) is 0 Å². The number of aliphatic hydroxyl groups excluding tert-OH is 1. The SMILES string of the molecule is CC1CC(NCC(O)COCC2CC=CCC2C)C1. The molecule has 1 saturated carbocycles. The maximum Gasteiger partial charge on any atom is 0.0897 e. The molecule has 0 radical (unpaired) electrons. The number of ether oxygens (including phenoxy) is 1. The Hall–Kier alpha value is -0.380. The first-order chi connectivity index (χ1) is 9.15. The zero-order valence-corrected chi connectivity index (χ0v) is 12.3. The minimum Gasteiger partial charge on any atom is -0.389 e. The second kappa shape index (κ2) is 7.41. The maximum atomic E-state index is 9.88. The zero-order valence-electron chi connectivity index (χ0n) is 12.3. The van der Waals surface area contributed by atoms with Gasteiger partial charge in [0.15, 0.2) is 0 Å². The van der Waals surface area contributed by atoms with Gasteiger partial charge in [-0.1, -0.05) is 26.0 Å². The molecule has 19 heavy (non-hydrogen) atoms. The van der Waals surface area contributed by atoms with Gasteiger partial charge in [-0.05, 0) is 43.4 Å². The summed E-state index contributed by atoms with van der Waals surface area (Å²) in [4.78, 5) is 0. The molecule has 2 aliphatic rings. The minimum absolute atomic E-state index is 0.370. The fourth-order valence-electron chi connectivity index (χ4n) is 3.03. The lowest BCUT2D eigenvalue weighted by molar-refractivity contribution is 0.0101. The summed E-state index contributed by atoms with van der Waals surface area (Å²) in [5.41, 5.74) is 0. The van der Waals surface area contributed by atoms with E-state index in [2.05, 4.69) is 31.3 Å². The van der Waals surface area contributed by atoms with Gasteiger partial charge in [-0.15, -0.1) is 0 Å². The second-order valence-corrected chi connectivity index (χ2v) is 6.55. The Labute approximate surface area is 117 Å². The van der Waals surface area contributed by atoms with Gasteiger partial charge < -0.3 is 15.2 Å². The fourth-order valence-corrected chi connectivity index (χ4v) is 3.03. The smallest absolute Gasteiger partial charge is 0.0897 e. The van der Waals surface area contributed by atoms with Crippen LogP contribution >= 0.6 is 0 Å². The molecule has 0 amide bonds. The third-order valence-corrected chi connectivity index (χ3v) is 4.58. The van der Waals surface area contributed by atoms with Crippen LogP contribution in [0.25, 0.3) is 0 Å². The molecule has 2 N–H and O–H groups in total. The van der Waals surface area contributed by atoms with E-state index in [1.54, 1.807) is 0 Å². The van der Waals surface area contributed by atoms with Gasteiger partial charge >= 0.3 is 0 Å². The van der Waals surface area contributed by atoms with E-state index in [9.17, 15) is 5.11 Å². The van der Waals surface area contributed by atoms with Crippen molar-refractivity contribution in [3.63, 3.8) is 0 Å². The molecule has 0 bridgehead atoms. The number of hydrogen-bond acceptors (Lipinski definition) is 3. The van der Waals surface area contributed by atoms with Gasteiger partial charge in [-0.2, -0.15) is 0 Å². The van der Waals surface area contributed by atoms with Crippen LogP contribution in [0.1, 0.15) is 39.5 Å². The van der Waals surface area contributed by atoms with Crippen molar-refractivity contribution in [1.29, 1.82) is 0 Å². The Balaban J connectivity index is 1.51. The standard InChI is InChI=1S/C16H29NO2/c1-12-7-15(8-12)17-9-16(18)11-19-10-14-6-4-3-5-13(14)2/h3-4,12-18H,5-11H2,1-2H3. The Morgan fingerprint density at radius 2 is 2.00 bits per heavy atom. The molecule has 0 heterocycles. The van der Waals surface area contributed by atoms with Gasteiger partial charge in [0, 0.05) is 12.6 Å². The normalized spacial score (nSPS) is 35.9. The van der Waals surface area contributed by atoms with Crippen LogP contribution in [0.3, 0.4) is 0 Å². The van der Waals surface area contributed by atoms with Gasteiger partial charge in [-0.3, -0.25) is 0 Å². The van der Waals surface area contributed by atoms with Crippen LogP contribution in [-0.4, -0.2) is 37.0 Å². The third kappa shape index (κ3) is 4.90. The predicted molar refractivity (Wildman–Crippen MR) is 78.0 cm³/mol. The van der Waals surface area contributed by atoms with Crippen molar-refractivity contribution in [2.45, 2.75) is 51.7 Å². The summed E-state index contributed by atoms with van der Waals surface area (Å²) < 4.78 is 5.69. The Morgan fingerprint density at radius 1 is 1.26 bits per heavy atom. The Kier molecular flexibility index (Phi) is 5.86. The molecule has 3 nitrogen and oxygen atoms in total. The topological polar surface area (TPSA) is 41.5 Å². The minimum atomic E-state index is -0.370. The summed E-state index contributed by atoms with van der Waals surface area (Å²) in [6, 6.07) is 0.619. The van der Waals surface area contributed by atoms with Crippen molar-refractivity contribution in [1.82, 2.24) is 5.32 Å². The molecule has 3 unspecified atom stereocenters. The molecule has 0 aromatic carbocycles. The van der Waals surface area contributed by atoms with E-state index in [0.29, 0.717) is 31.0 Å². The van der Waals surface area contributed by atoms with Crippen molar-refractivity contribution >= 4 is 0 Å². The van der Waals surface area contributed by atoms with E-state index < -0.39 is 0 Å². The van der Waals surface area contributed by atoms with Crippen molar-refractivity contribution in [3.8, 4) is 0 Å². The molecular formula is C16H29NO2. The van der Waals surface area contributed by atoms with Gasteiger partial charge in [0.05, 0.1) is 19.3 Å². The van der Waals surface area contributed by atoms with Crippen LogP contribution in [0, 0.1) is 17.8 Å². The van der Waals surface area contributed by atoms with E-state index in [1.807, 2.05) is 0 Å². The molecule has 0 aromatic heterocycles. The second-order valence-electron chi connectivity index (χ2n) is 6.55. The number of hydrogen-bond donors (Lipinski definition) is 2. The number of aliphatic hydroxyl groups is 1. The summed E-state index contributed by atoms with van der Waals surface area (Å²) >= 11 is 0. The van der Waals surface area contributed by atoms with Crippen LogP contribution < -0.4 is 5.32 Å². The van der Waals surface area contributed by atoms with Crippen LogP contribution in [0.2, 0.25) is 0 Å². The molecule has 0 aromatic rings. The fraction of sp³-hybridized carbons (Fsp3) is 0.875. The summed E-state index contributed by atoms with van der Waals surface area (Å²) in [5.74, 6) is 2.18.